The first kappa shape index (κ1) is 29.4. The lowest BCUT2D eigenvalue weighted by molar-refractivity contribution is -0.179. The second kappa shape index (κ2) is 10.4. The topological polar surface area (TPSA) is 107 Å². The number of thioether (sulfide) groups is 1. The average molecular weight is 624 g/mol. The number of fused-ring (bicyclic) bond motifs is 6. The molecule has 0 saturated heterocycles. The van der Waals surface area contributed by atoms with Crippen LogP contribution in [0.25, 0.3) is 11.8 Å². The number of esters is 1. The first-order valence-electron chi connectivity index (χ1n) is 15.1. The summed E-state index contributed by atoms with van der Waals surface area (Å²) >= 11 is 0.519. The number of ether oxygens (including phenoxy) is 1. The van der Waals surface area contributed by atoms with Gasteiger partial charge in [0, 0.05) is 11.3 Å². The van der Waals surface area contributed by atoms with Gasteiger partial charge in [0.15, 0.2) is 17.7 Å². The molecule has 7 rings (SSSR count). The summed E-state index contributed by atoms with van der Waals surface area (Å²) < 4.78 is 40.2. The fourth-order valence-corrected chi connectivity index (χ4v) is 10.4. The van der Waals surface area contributed by atoms with Gasteiger partial charge in [-0.3, -0.25) is 4.79 Å². The van der Waals surface area contributed by atoms with Crippen molar-refractivity contribution in [2.24, 2.45) is 34.5 Å². The minimum Gasteiger partial charge on any atom is -0.451 e. The van der Waals surface area contributed by atoms with Crippen LogP contribution in [0.1, 0.15) is 68.2 Å². The summed E-state index contributed by atoms with van der Waals surface area (Å²) in [5.41, 5.74) is 1.09. The third kappa shape index (κ3) is 4.04. The molecule has 44 heavy (non-hydrogen) atoms. The largest absolute Gasteiger partial charge is 0.451 e. The van der Waals surface area contributed by atoms with Gasteiger partial charge in [-0.05, 0) is 103 Å². The minimum absolute atomic E-state index is 0.0399. The van der Waals surface area contributed by atoms with Crippen LogP contribution >= 0.6 is 11.8 Å². The van der Waals surface area contributed by atoms with E-state index in [1.807, 2.05) is 24.7 Å². The van der Waals surface area contributed by atoms with Gasteiger partial charge in [-0.15, -0.1) is 0 Å². The molecule has 0 spiro atoms. The Morgan fingerprint density at radius 1 is 1.25 bits per heavy atom. The van der Waals surface area contributed by atoms with E-state index in [4.69, 9.17) is 9.15 Å². The Hall–Kier alpha value is -3.31. The van der Waals surface area contributed by atoms with Crippen molar-refractivity contribution in [1.82, 2.24) is 14.8 Å². The van der Waals surface area contributed by atoms with E-state index in [9.17, 15) is 23.5 Å². The van der Waals surface area contributed by atoms with Crippen molar-refractivity contribution in [2.75, 3.05) is 6.01 Å². The third-order valence-electron chi connectivity index (χ3n) is 11.4. The molecule has 0 amide bonds. The number of aliphatic hydroxyl groups excluding tert-OH is 1. The summed E-state index contributed by atoms with van der Waals surface area (Å²) in [6.45, 7) is 6.05. The number of hydrogen-bond donors (Lipinski definition) is 1. The van der Waals surface area contributed by atoms with Gasteiger partial charge in [-0.1, -0.05) is 26.3 Å². The highest BCUT2D eigenvalue weighted by atomic mass is 32.2. The first-order valence-corrected chi connectivity index (χ1v) is 16.1. The standard InChI is InChI=1S/C33H35F2N3O5S/c1-18-10-24-23-9-4-20-11-26-19(14-37-38(26)22-7-5-21(35)6-8-22)12-31(20,2)28(23)27(39)13-32(24,3)33(18,30(41)44-16-34)43-29(40)25-15-42-17-36-25/h5-8,11,14-15,17-18,23-24,27-28,39H,4,9-10,12-13,16H2,1-3H3/t18-,23+,24?,27+,28?,31+,32+,33+/m1/s1. The number of hydrogen-bond acceptors (Lipinski definition) is 8. The molecule has 1 aromatic carbocycles. The van der Waals surface area contributed by atoms with Crippen LogP contribution in [0.15, 0.2) is 53.1 Å². The van der Waals surface area contributed by atoms with Crippen LogP contribution in [-0.4, -0.2) is 48.7 Å². The van der Waals surface area contributed by atoms with E-state index < -0.39 is 40.1 Å². The Labute approximate surface area is 258 Å². The predicted octanol–water partition coefficient (Wildman–Crippen LogP) is 6.18. The third-order valence-corrected chi connectivity index (χ3v) is 12.1. The number of aliphatic hydroxyl groups is 1. The molecule has 0 radical (unpaired) electrons. The fourth-order valence-electron chi connectivity index (χ4n) is 9.65. The first-order chi connectivity index (χ1) is 21.0. The molecule has 4 aliphatic rings. The maximum Gasteiger partial charge on any atom is 0.361 e. The van der Waals surface area contributed by atoms with Crippen molar-refractivity contribution < 1.29 is 32.6 Å². The summed E-state index contributed by atoms with van der Waals surface area (Å²) in [6.07, 6.45) is 8.68. The normalized spacial score (nSPS) is 35.6. The molecule has 8 atom stereocenters. The summed E-state index contributed by atoms with van der Waals surface area (Å²) in [6, 6.07) is 5.33. The smallest absolute Gasteiger partial charge is 0.361 e. The zero-order valence-electron chi connectivity index (χ0n) is 24.8. The number of rotatable bonds is 5. The highest BCUT2D eigenvalue weighted by Crippen LogP contribution is 2.70. The van der Waals surface area contributed by atoms with Gasteiger partial charge in [-0.2, -0.15) is 5.10 Å². The van der Waals surface area contributed by atoms with E-state index in [1.165, 1.54) is 24.0 Å². The molecular formula is C33H35F2N3O5S. The Bertz CT molecular complexity index is 1640. The van der Waals surface area contributed by atoms with Crippen LogP contribution in [0.2, 0.25) is 0 Å². The lowest BCUT2D eigenvalue weighted by Crippen LogP contribution is -2.63. The van der Waals surface area contributed by atoms with Gasteiger partial charge >= 0.3 is 5.97 Å². The Morgan fingerprint density at radius 3 is 2.73 bits per heavy atom. The van der Waals surface area contributed by atoms with Crippen LogP contribution in [0, 0.1) is 40.3 Å². The number of carbonyl (C=O) groups is 2. The lowest BCUT2D eigenvalue weighted by Gasteiger charge is -2.60. The van der Waals surface area contributed by atoms with Crippen molar-refractivity contribution in [1.29, 1.82) is 0 Å². The highest BCUT2D eigenvalue weighted by Gasteiger charge is 2.73. The van der Waals surface area contributed by atoms with Crippen LogP contribution in [0.3, 0.4) is 0 Å². The summed E-state index contributed by atoms with van der Waals surface area (Å²) in [5, 5.41) is 16.2. The van der Waals surface area contributed by atoms with E-state index in [-0.39, 0.29) is 41.1 Å². The number of nitrogens with zero attached hydrogens (tertiary/aromatic N) is 3. The summed E-state index contributed by atoms with van der Waals surface area (Å²) in [7, 11) is 0. The molecule has 2 heterocycles. The average Bonchev–Trinajstić information content (AvgIpc) is 3.71. The van der Waals surface area contributed by atoms with Gasteiger partial charge in [-0.25, -0.2) is 23.2 Å². The predicted molar refractivity (Wildman–Crippen MR) is 159 cm³/mol. The molecule has 3 saturated carbocycles. The lowest BCUT2D eigenvalue weighted by atomic mass is 9.45. The molecule has 4 aliphatic carbocycles. The van der Waals surface area contributed by atoms with E-state index in [0.717, 1.165) is 36.2 Å². The SMILES string of the molecule is C[C@@H]1CC2[C@@H]3CCC4=Cc5c(cnn5-c5ccc(F)cc5)C[C@]4(C)C3[C@@H](O)C[C@]2(C)[C@@]1(OC(=O)c1cocn1)C(=O)SCF. The Kier molecular flexibility index (Phi) is 6.93. The maximum absolute atomic E-state index is 13.9. The van der Waals surface area contributed by atoms with E-state index in [2.05, 4.69) is 23.1 Å². The number of alkyl halides is 1. The van der Waals surface area contributed by atoms with E-state index in [0.29, 0.717) is 24.6 Å². The number of carbonyl (C=O) groups excluding carboxylic acids is 2. The monoisotopic (exact) mass is 623 g/mol. The van der Waals surface area contributed by atoms with E-state index in [1.54, 1.807) is 12.1 Å². The van der Waals surface area contributed by atoms with Crippen molar-refractivity contribution in [2.45, 2.75) is 64.6 Å². The molecule has 0 bridgehead atoms. The minimum atomic E-state index is -1.64. The quantitative estimate of drug-likeness (QED) is 0.336. The van der Waals surface area contributed by atoms with Crippen molar-refractivity contribution in [3.63, 3.8) is 0 Å². The van der Waals surface area contributed by atoms with Crippen LogP contribution in [0.4, 0.5) is 8.78 Å². The molecule has 3 fully saturated rings. The second-order valence-electron chi connectivity index (χ2n) is 13.4. The number of aromatic nitrogens is 3. The van der Waals surface area contributed by atoms with Crippen molar-refractivity contribution in [3.05, 3.63) is 71.5 Å². The zero-order chi connectivity index (χ0) is 31.0. The number of allylic oxidation sites excluding steroid dienone is 1. The van der Waals surface area contributed by atoms with Gasteiger partial charge < -0.3 is 14.3 Å². The van der Waals surface area contributed by atoms with Gasteiger partial charge in [0.05, 0.1) is 23.7 Å². The van der Waals surface area contributed by atoms with Gasteiger partial charge in [0.2, 0.25) is 5.12 Å². The maximum atomic E-state index is 13.9. The number of halogens is 2. The molecule has 8 nitrogen and oxygen atoms in total. The van der Waals surface area contributed by atoms with Crippen molar-refractivity contribution >= 4 is 28.9 Å². The summed E-state index contributed by atoms with van der Waals surface area (Å²) in [5.74, 6) is -1.58. The molecule has 0 aliphatic heterocycles. The van der Waals surface area contributed by atoms with Crippen LogP contribution in [0.5, 0.6) is 0 Å². The fraction of sp³-hybridized carbons (Fsp3) is 0.515. The van der Waals surface area contributed by atoms with Gasteiger partial charge in [0.1, 0.15) is 18.1 Å². The Morgan fingerprint density at radius 2 is 2.02 bits per heavy atom. The molecule has 3 aromatic rings. The summed E-state index contributed by atoms with van der Waals surface area (Å²) in [4.78, 5) is 31.1. The molecule has 11 heteroatoms. The molecular weight excluding hydrogens is 588 g/mol. The zero-order valence-corrected chi connectivity index (χ0v) is 25.7. The Balaban J connectivity index is 1.25. The molecule has 2 unspecified atom stereocenters. The van der Waals surface area contributed by atoms with Crippen LogP contribution in [-0.2, 0) is 16.0 Å². The molecule has 1 N–H and O–H groups in total. The second-order valence-corrected chi connectivity index (χ2v) is 14.3. The van der Waals surface area contributed by atoms with Crippen LogP contribution < -0.4 is 0 Å². The van der Waals surface area contributed by atoms with E-state index >= 15 is 0 Å². The molecule has 232 valence electrons. The van der Waals surface area contributed by atoms with Crippen molar-refractivity contribution in [3.8, 4) is 5.69 Å². The number of oxazole rings is 1. The number of benzene rings is 1. The van der Waals surface area contributed by atoms with Gasteiger partial charge in [0.25, 0.3) is 0 Å². The highest BCUT2D eigenvalue weighted by molar-refractivity contribution is 8.13. The molecule has 2 aromatic heterocycles.